The summed E-state index contributed by atoms with van der Waals surface area (Å²) in [4.78, 5) is 0. The summed E-state index contributed by atoms with van der Waals surface area (Å²) in [7, 11) is -3.75. The molecule has 2 aromatic rings. The van der Waals surface area contributed by atoms with Gasteiger partial charge in [0.2, 0.25) is 0 Å². The zero-order chi connectivity index (χ0) is 13.0. The monoisotopic (exact) mass is 267 g/mol. The van der Waals surface area contributed by atoms with Crippen molar-refractivity contribution in [1.29, 1.82) is 0 Å². The summed E-state index contributed by atoms with van der Waals surface area (Å²) < 4.78 is 29.1. The van der Waals surface area contributed by atoms with Crippen LogP contribution in [0.25, 0.3) is 0 Å². The van der Waals surface area contributed by atoms with Crippen molar-refractivity contribution < 1.29 is 12.8 Å². The number of rotatable bonds is 5. The summed E-state index contributed by atoms with van der Waals surface area (Å²) in [5.74, 6) is 0.791. The van der Waals surface area contributed by atoms with E-state index in [2.05, 4.69) is 10.0 Å². The molecule has 2 rings (SSSR count). The average molecular weight is 267 g/mol. The van der Waals surface area contributed by atoms with Crippen LogP contribution < -0.4 is 15.2 Å². The zero-order valence-corrected chi connectivity index (χ0v) is 10.3. The maximum absolute atomic E-state index is 10.9. The van der Waals surface area contributed by atoms with Crippen LogP contribution in [0, 0.1) is 0 Å². The lowest BCUT2D eigenvalue weighted by Gasteiger charge is -2.07. The van der Waals surface area contributed by atoms with Gasteiger partial charge in [0.15, 0.2) is 0 Å². The summed E-state index contributed by atoms with van der Waals surface area (Å²) in [5, 5.41) is 8.00. The Bertz CT molecular complexity index is 608. The van der Waals surface area contributed by atoms with Gasteiger partial charge in [-0.2, -0.15) is 8.42 Å². The third-order valence-electron chi connectivity index (χ3n) is 2.17. The predicted octanol–water partition coefficient (Wildman–Crippen LogP) is 1.51. The summed E-state index contributed by atoms with van der Waals surface area (Å²) in [5.41, 5.74) is 1.17. The van der Waals surface area contributed by atoms with Crippen LogP contribution in [0.3, 0.4) is 0 Å². The van der Waals surface area contributed by atoms with Crippen molar-refractivity contribution >= 4 is 21.6 Å². The highest BCUT2D eigenvalue weighted by Crippen LogP contribution is 2.16. The molecule has 4 N–H and O–H groups in total. The molecule has 0 bridgehead atoms. The molecule has 0 saturated carbocycles. The fourth-order valence-electron chi connectivity index (χ4n) is 1.46. The standard InChI is InChI=1S/C11H13N3O3S/c12-18(15,16)14-10-4-1-3-9(7-10)13-8-11-5-2-6-17-11/h1-7,13-14H,8H2,(H2,12,15,16). The quantitative estimate of drug-likeness (QED) is 0.764. The Morgan fingerprint density at radius 3 is 2.61 bits per heavy atom. The molecular weight excluding hydrogens is 254 g/mol. The molecule has 0 atom stereocenters. The van der Waals surface area contributed by atoms with Gasteiger partial charge in [-0.1, -0.05) is 6.07 Å². The van der Waals surface area contributed by atoms with Crippen molar-refractivity contribution in [3.05, 3.63) is 48.4 Å². The Labute approximate surface area is 105 Å². The van der Waals surface area contributed by atoms with Crippen molar-refractivity contribution in [1.82, 2.24) is 0 Å². The SMILES string of the molecule is NS(=O)(=O)Nc1cccc(NCc2ccco2)c1. The van der Waals surface area contributed by atoms with E-state index < -0.39 is 10.2 Å². The second kappa shape index (κ2) is 5.11. The first-order chi connectivity index (χ1) is 8.53. The molecule has 0 amide bonds. The third kappa shape index (κ3) is 3.79. The molecule has 1 aromatic heterocycles. The minimum Gasteiger partial charge on any atom is -0.467 e. The van der Waals surface area contributed by atoms with E-state index in [1.807, 2.05) is 12.1 Å². The summed E-state index contributed by atoms with van der Waals surface area (Å²) >= 11 is 0. The zero-order valence-electron chi connectivity index (χ0n) is 9.46. The lowest BCUT2D eigenvalue weighted by molar-refractivity contribution is 0.518. The van der Waals surface area contributed by atoms with Crippen molar-refractivity contribution in [3.63, 3.8) is 0 Å². The Hall–Kier alpha value is -1.99. The molecule has 0 aliphatic rings. The van der Waals surface area contributed by atoms with E-state index in [1.165, 1.54) is 0 Å². The molecule has 0 spiro atoms. The van der Waals surface area contributed by atoms with Gasteiger partial charge >= 0.3 is 0 Å². The maximum Gasteiger partial charge on any atom is 0.296 e. The van der Waals surface area contributed by atoms with Crippen LogP contribution >= 0.6 is 0 Å². The number of anilines is 2. The number of hydrogen-bond acceptors (Lipinski definition) is 4. The third-order valence-corrected chi connectivity index (χ3v) is 2.69. The molecule has 0 radical (unpaired) electrons. The molecular formula is C11H13N3O3S. The molecule has 18 heavy (non-hydrogen) atoms. The van der Waals surface area contributed by atoms with E-state index >= 15 is 0 Å². The topological polar surface area (TPSA) is 97.4 Å². The number of furan rings is 1. The van der Waals surface area contributed by atoms with E-state index in [4.69, 9.17) is 9.56 Å². The molecule has 0 unspecified atom stereocenters. The van der Waals surface area contributed by atoms with E-state index in [9.17, 15) is 8.42 Å². The van der Waals surface area contributed by atoms with Crippen molar-refractivity contribution in [2.75, 3.05) is 10.0 Å². The molecule has 0 aliphatic heterocycles. The van der Waals surface area contributed by atoms with E-state index in [0.29, 0.717) is 12.2 Å². The highest BCUT2D eigenvalue weighted by Gasteiger charge is 2.03. The van der Waals surface area contributed by atoms with E-state index in [-0.39, 0.29) is 0 Å². The van der Waals surface area contributed by atoms with Crippen LogP contribution in [0.1, 0.15) is 5.76 Å². The van der Waals surface area contributed by atoms with Gasteiger partial charge < -0.3 is 9.73 Å². The smallest absolute Gasteiger partial charge is 0.296 e. The Morgan fingerprint density at radius 1 is 1.17 bits per heavy atom. The average Bonchev–Trinajstić information content (AvgIpc) is 2.77. The number of nitrogens with two attached hydrogens (primary N) is 1. The molecule has 6 nitrogen and oxygen atoms in total. The molecule has 0 aliphatic carbocycles. The first-order valence-corrected chi connectivity index (χ1v) is 6.74. The molecule has 7 heteroatoms. The van der Waals surface area contributed by atoms with Gasteiger partial charge in [-0.05, 0) is 30.3 Å². The molecule has 1 heterocycles. The lowest BCUT2D eigenvalue weighted by Crippen LogP contribution is -2.21. The molecule has 0 saturated heterocycles. The first-order valence-electron chi connectivity index (χ1n) is 5.20. The van der Waals surface area contributed by atoms with Crippen LogP contribution in [0.4, 0.5) is 11.4 Å². The van der Waals surface area contributed by atoms with Crippen LogP contribution in [0.15, 0.2) is 47.1 Å². The molecule has 0 fully saturated rings. The van der Waals surface area contributed by atoms with E-state index in [0.717, 1.165) is 11.4 Å². The lowest BCUT2D eigenvalue weighted by atomic mass is 10.3. The number of benzene rings is 1. The van der Waals surface area contributed by atoms with Crippen LogP contribution in [-0.4, -0.2) is 8.42 Å². The summed E-state index contributed by atoms with van der Waals surface area (Å²) in [6, 6.07) is 10.4. The molecule has 1 aromatic carbocycles. The van der Waals surface area contributed by atoms with Crippen molar-refractivity contribution in [2.24, 2.45) is 5.14 Å². The van der Waals surface area contributed by atoms with Crippen LogP contribution in [0.2, 0.25) is 0 Å². The first kappa shape index (κ1) is 12.5. The van der Waals surface area contributed by atoms with Gasteiger partial charge in [-0.25, -0.2) is 5.14 Å². The van der Waals surface area contributed by atoms with Gasteiger partial charge in [0.05, 0.1) is 18.5 Å². The largest absolute Gasteiger partial charge is 0.467 e. The Morgan fingerprint density at radius 2 is 1.94 bits per heavy atom. The molecule has 96 valence electrons. The Kier molecular flexibility index (Phi) is 3.54. The van der Waals surface area contributed by atoms with E-state index in [1.54, 1.807) is 30.5 Å². The minimum absolute atomic E-state index is 0.405. The fraction of sp³-hybridized carbons (Fsp3) is 0.0909. The van der Waals surface area contributed by atoms with Crippen molar-refractivity contribution in [3.8, 4) is 0 Å². The van der Waals surface area contributed by atoms with Crippen LogP contribution in [-0.2, 0) is 16.8 Å². The van der Waals surface area contributed by atoms with Gasteiger partial charge in [0.1, 0.15) is 5.76 Å². The summed E-state index contributed by atoms with van der Waals surface area (Å²) in [6.07, 6.45) is 1.59. The van der Waals surface area contributed by atoms with Crippen molar-refractivity contribution in [2.45, 2.75) is 6.54 Å². The maximum atomic E-state index is 10.9. The second-order valence-electron chi connectivity index (χ2n) is 3.66. The highest BCUT2D eigenvalue weighted by atomic mass is 32.2. The summed E-state index contributed by atoms with van der Waals surface area (Å²) in [6.45, 7) is 0.520. The minimum atomic E-state index is -3.75. The number of nitrogens with one attached hydrogen (secondary N) is 2. The van der Waals surface area contributed by atoms with Gasteiger partial charge in [-0.3, -0.25) is 4.72 Å². The van der Waals surface area contributed by atoms with Gasteiger partial charge in [-0.15, -0.1) is 0 Å². The van der Waals surface area contributed by atoms with Gasteiger partial charge in [0.25, 0.3) is 10.2 Å². The fourth-order valence-corrected chi connectivity index (χ4v) is 1.91. The van der Waals surface area contributed by atoms with Gasteiger partial charge in [0, 0.05) is 5.69 Å². The Balaban J connectivity index is 2.03. The second-order valence-corrected chi connectivity index (χ2v) is 4.95. The van der Waals surface area contributed by atoms with Crippen LogP contribution in [0.5, 0.6) is 0 Å². The highest BCUT2D eigenvalue weighted by molar-refractivity contribution is 7.90. The normalized spacial score (nSPS) is 11.2. The number of hydrogen-bond donors (Lipinski definition) is 3. The predicted molar refractivity (Wildman–Crippen MR) is 69.2 cm³/mol.